The monoisotopic (exact) mass is 360 g/mol. The number of methoxy groups -OCH3 is 2. The predicted molar refractivity (Wildman–Crippen MR) is 92.4 cm³/mol. The van der Waals surface area contributed by atoms with Crippen LogP contribution in [-0.2, 0) is 0 Å². The van der Waals surface area contributed by atoms with Crippen LogP contribution >= 0.6 is 11.6 Å². The van der Waals surface area contributed by atoms with Crippen LogP contribution in [0.25, 0.3) is 10.4 Å². The molecule has 9 heteroatoms. The van der Waals surface area contributed by atoms with Crippen molar-refractivity contribution in [3.05, 3.63) is 63.0 Å². The molecule has 0 atom stereocenters. The lowest BCUT2D eigenvalue weighted by Gasteiger charge is -2.14. The van der Waals surface area contributed by atoms with E-state index < -0.39 is 11.8 Å². The van der Waals surface area contributed by atoms with E-state index in [1.807, 2.05) is 0 Å². The van der Waals surface area contributed by atoms with Gasteiger partial charge in [-0.1, -0.05) is 11.6 Å². The Morgan fingerprint density at radius 1 is 1.12 bits per heavy atom. The molecule has 0 aliphatic carbocycles. The largest absolute Gasteiger partial charge is 0.493 e. The average Bonchev–Trinajstić information content (AvgIpc) is 2.61. The first-order valence-electron chi connectivity index (χ1n) is 6.92. The first-order chi connectivity index (χ1) is 12.0. The molecule has 0 saturated heterocycles. The summed E-state index contributed by atoms with van der Waals surface area (Å²) >= 11 is 5.80. The predicted octanol–water partition coefficient (Wildman–Crippen LogP) is 4.06. The highest BCUT2D eigenvalue weighted by atomic mass is 35.5. The first kappa shape index (κ1) is 18.1. The number of rotatable bonds is 5. The molecule has 0 radical (unpaired) electrons. The van der Waals surface area contributed by atoms with E-state index in [2.05, 4.69) is 15.3 Å². The molecule has 8 nitrogen and oxygen atoms in total. The highest BCUT2D eigenvalue weighted by Gasteiger charge is 2.18. The summed E-state index contributed by atoms with van der Waals surface area (Å²) in [5.41, 5.74) is 8.91. The molecule has 25 heavy (non-hydrogen) atoms. The number of carbonyl (C=O) groups is 2. The summed E-state index contributed by atoms with van der Waals surface area (Å²) in [6, 6.07) is 8.94. The zero-order valence-electron chi connectivity index (χ0n) is 13.3. The first-order valence-corrected chi connectivity index (χ1v) is 7.30. The van der Waals surface area contributed by atoms with Crippen molar-refractivity contribution < 1.29 is 19.1 Å². The van der Waals surface area contributed by atoms with Crippen LogP contribution in [0, 0.1) is 0 Å². The average molecular weight is 361 g/mol. The minimum atomic E-state index is -0.866. The second-order valence-corrected chi connectivity index (χ2v) is 5.14. The third-order valence-electron chi connectivity index (χ3n) is 3.24. The van der Waals surface area contributed by atoms with E-state index in [0.717, 1.165) is 0 Å². The number of nitrogens with zero attached hydrogens (tertiary/aromatic N) is 3. The van der Waals surface area contributed by atoms with Gasteiger partial charge >= 0.3 is 0 Å². The third-order valence-corrected chi connectivity index (χ3v) is 3.50. The highest BCUT2D eigenvalue weighted by Crippen LogP contribution is 2.34. The highest BCUT2D eigenvalue weighted by molar-refractivity contribution is 6.30. The summed E-state index contributed by atoms with van der Waals surface area (Å²) in [6.07, 6.45) is 0. The van der Waals surface area contributed by atoms with E-state index >= 15 is 0 Å². The van der Waals surface area contributed by atoms with Gasteiger partial charge in [-0.05, 0) is 41.0 Å². The maximum Gasteiger partial charge on any atom is 0.255 e. The van der Waals surface area contributed by atoms with Crippen LogP contribution in [0.2, 0.25) is 5.02 Å². The van der Waals surface area contributed by atoms with Gasteiger partial charge in [0.05, 0.1) is 25.5 Å². The molecule has 2 aromatic carbocycles. The summed E-state index contributed by atoms with van der Waals surface area (Å²) in [5.74, 6) is -0.788. The van der Waals surface area contributed by atoms with E-state index in [0.29, 0.717) is 16.3 Å². The molecule has 2 amide bonds. The SMILES string of the molecule is COc1cc(NC(=O)c2ccc(Cl)cc2)c(C(=O)N=[N+]=[N-])cc1OC. The van der Waals surface area contributed by atoms with Crippen molar-refractivity contribution in [1.82, 2.24) is 0 Å². The molecule has 0 aliphatic rings. The van der Waals surface area contributed by atoms with Crippen molar-refractivity contribution in [2.24, 2.45) is 5.11 Å². The molecule has 0 bridgehead atoms. The third kappa shape index (κ3) is 4.20. The van der Waals surface area contributed by atoms with Crippen LogP contribution in [0.3, 0.4) is 0 Å². The maximum atomic E-state index is 12.4. The Hall–Kier alpha value is -3.22. The summed E-state index contributed by atoms with van der Waals surface area (Å²) in [4.78, 5) is 26.9. The van der Waals surface area contributed by atoms with Gasteiger partial charge in [-0.3, -0.25) is 9.59 Å². The minimum absolute atomic E-state index is 0.0298. The van der Waals surface area contributed by atoms with Crippen LogP contribution in [0.1, 0.15) is 20.7 Å². The van der Waals surface area contributed by atoms with E-state index in [4.69, 9.17) is 26.6 Å². The van der Waals surface area contributed by atoms with Crippen molar-refractivity contribution in [3.8, 4) is 11.5 Å². The number of ether oxygens (including phenoxy) is 2. The number of nitrogens with one attached hydrogen (secondary N) is 1. The molecule has 0 aromatic heterocycles. The lowest BCUT2D eigenvalue weighted by Crippen LogP contribution is -2.14. The molecule has 0 unspecified atom stereocenters. The van der Waals surface area contributed by atoms with E-state index in [9.17, 15) is 9.59 Å². The number of halogens is 1. The number of amides is 2. The molecule has 0 aliphatic heterocycles. The van der Waals surface area contributed by atoms with Crippen molar-refractivity contribution in [3.63, 3.8) is 0 Å². The van der Waals surface area contributed by atoms with Crippen molar-refractivity contribution in [2.75, 3.05) is 19.5 Å². The topological polar surface area (TPSA) is 113 Å². The van der Waals surface area contributed by atoms with Gasteiger partial charge in [0.25, 0.3) is 11.8 Å². The number of hydrogen-bond donors (Lipinski definition) is 1. The van der Waals surface area contributed by atoms with Crippen molar-refractivity contribution >= 4 is 29.1 Å². The number of azide groups is 1. The molecule has 128 valence electrons. The molecule has 1 N–H and O–H groups in total. The summed E-state index contributed by atoms with van der Waals surface area (Å²) in [7, 11) is 2.81. The normalized spacial score (nSPS) is 9.72. The summed E-state index contributed by atoms with van der Waals surface area (Å²) in [6.45, 7) is 0. The molecule has 0 spiro atoms. The smallest absolute Gasteiger partial charge is 0.255 e. The quantitative estimate of drug-likeness (QED) is 0.492. The zero-order valence-corrected chi connectivity index (χ0v) is 14.1. The Kier molecular flexibility index (Phi) is 5.84. The van der Waals surface area contributed by atoms with Crippen LogP contribution in [0.15, 0.2) is 41.5 Å². The van der Waals surface area contributed by atoms with Crippen LogP contribution in [0.5, 0.6) is 11.5 Å². The molecule has 2 aromatic rings. The summed E-state index contributed by atoms with van der Waals surface area (Å²) in [5, 5.41) is 6.13. The second-order valence-electron chi connectivity index (χ2n) is 4.71. The lowest BCUT2D eigenvalue weighted by molar-refractivity contribution is 0.100. The van der Waals surface area contributed by atoms with Gasteiger partial charge in [0, 0.05) is 21.6 Å². The van der Waals surface area contributed by atoms with Gasteiger partial charge in [0.15, 0.2) is 11.5 Å². The zero-order chi connectivity index (χ0) is 18.4. The number of benzene rings is 2. The number of carbonyl (C=O) groups excluding carboxylic acids is 2. The molecule has 0 saturated carbocycles. The van der Waals surface area contributed by atoms with Crippen LogP contribution < -0.4 is 14.8 Å². The second kappa shape index (κ2) is 8.05. The van der Waals surface area contributed by atoms with Gasteiger partial charge in [0.2, 0.25) is 0 Å². The van der Waals surface area contributed by atoms with Crippen molar-refractivity contribution in [1.29, 1.82) is 0 Å². The Labute approximate surface area is 147 Å². The van der Waals surface area contributed by atoms with Gasteiger partial charge in [-0.25, -0.2) is 0 Å². The minimum Gasteiger partial charge on any atom is -0.493 e. The van der Waals surface area contributed by atoms with Crippen LogP contribution in [0.4, 0.5) is 5.69 Å². The lowest BCUT2D eigenvalue weighted by atomic mass is 10.1. The standard InChI is InChI=1S/C16H13ClN4O4/c1-24-13-7-11(16(23)20-21-18)12(8-14(13)25-2)19-15(22)9-3-5-10(17)6-4-9/h3-8H,1-2H3,(H,19,22). The van der Waals surface area contributed by atoms with Gasteiger partial charge < -0.3 is 14.8 Å². The fourth-order valence-corrected chi connectivity index (χ4v) is 2.18. The molecule has 0 heterocycles. The number of anilines is 1. The van der Waals surface area contributed by atoms with E-state index in [1.54, 1.807) is 12.1 Å². The Morgan fingerprint density at radius 3 is 2.28 bits per heavy atom. The van der Waals surface area contributed by atoms with Crippen molar-refractivity contribution in [2.45, 2.75) is 0 Å². The van der Waals surface area contributed by atoms with Crippen LogP contribution in [-0.4, -0.2) is 26.0 Å². The number of hydrogen-bond acceptors (Lipinski definition) is 4. The molecule has 0 fully saturated rings. The summed E-state index contributed by atoms with van der Waals surface area (Å²) < 4.78 is 10.3. The van der Waals surface area contributed by atoms with Gasteiger partial charge in [-0.2, -0.15) is 0 Å². The van der Waals surface area contributed by atoms with Gasteiger partial charge in [-0.15, -0.1) is 0 Å². The van der Waals surface area contributed by atoms with Gasteiger partial charge in [0.1, 0.15) is 0 Å². The molecule has 2 rings (SSSR count). The van der Waals surface area contributed by atoms with E-state index in [1.165, 1.54) is 38.5 Å². The molecular formula is C16H13ClN4O4. The Morgan fingerprint density at radius 2 is 1.72 bits per heavy atom. The molecular weight excluding hydrogens is 348 g/mol. The fraction of sp³-hybridized carbons (Fsp3) is 0.125. The fourth-order valence-electron chi connectivity index (χ4n) is 2.05. The Balaban J connectivity index is 2.46. The van der Waals surface area contributed by atoms with E-state index in [-0.39, 0.29) is 17.0 Å². The maximum absolute atomic E-state index is 12.4. The Bertz CT molecular complexity index is 861.